The van der Waals surface area contributed by atoms with Gasteiger partial charge in [-0.3, -0.25) is 0 Å². The van der Waals surface area contributed by atoms with Crippen LogP contribution in [-0.4, -0.2) is 22.0 Å². The minimum absolute atomic E-state index is 0.507. The molecule has 3 heteroatoms. The van der Waals surface area contributed by atoms with Crippen LogP contribution in [0, 0.1) is 0 Å². The van der Waals surface area contributed by atoms with Gasteiger partial charge in [-0.2, -0.15) is 0 Å². The first-order chi connectivity index (χ1) is 4.73. The first-order valence-electron chi connectivity index (χ1n) is 3.28. The third-order valence-corrected chi connectivity index (χ3v) is 2.04. The topological polar surface area (TPSA) is 52.5 Å². The summed E-state index contributed by atoms with van der Waals surface area (Å²) in [6, 6.07) is 0. The average molecular weight is 139 g/mol. The summed E-state index contributed by atoms with van der Waals surface area (Å²) >= 11 is 0. The monoisotopic (exact) mass is 139 g/mol. The molecule has 2 unspecified atom stereocenters. The van der Waals surface area contributed by atoms with Gasteiger partial charge in [0.05, 0.1) is 0 Å². The third-order valence-electron chi connectivity index (χ3n) is 2.04. The molecule has 54 valence electrons. The Morgan fingerprint density at radius 3 is 3.00 bits per heavy atom. The standard InChI is InChI=1S/C7H9NO2/c9-6-7(10)4-2-1-3-5(7)8-6/h1-3,6,8-10H,4H2. The minimum Gasteiger partial charge on any atom is -0.379 e. The summed E-state index contributed by atoms with van der Waals surface area (Å²) in [5.74, 6) is 0. The van der Waals surface area contributed by atoms with Crippen LogP contribution in [0.15, 0.2) is 23.9 Å². The fraction of sp³-hybridized carbons (Fsp3) is 0.429. The van der Waals surface area contributed by atoms with E-state index in [9.17, 15) is 5.11 Å². The van der Waals surface area contributed by atoms with Crippen LogP contribution in [0.1, 0.15) is 6.42 Å². The number of aliphatic hydroxyl groups is 2. The number of hydrogen-bond acceptors (Lipinski definition) is 3. The quantitative estimate of drug-likeness (QED) is 0.423. The molecule has 1 saturated heterocycles. The molecule has 2 atom stereocenters. The van der Waals surface area contributed by atoms with E-state index in [-0.39, 0.29) is 0 Å². The Morgan fingerprint density at radius 2 is 2.50 bits per heavy atom. The van der Waals surface area contributed by atoms with Crippen LogP contribution in [0.25, 0.3) is 0 Å². The molecule has 1 aliphatic heterocycles. The molecule has 0 aromatic carbocycles. The van der Waals surface area contributed by atoms with Gasteiger partial charge in [-0.15, -0.1) is 0 Å². The van der Waals surface area contributed by atoms with Crippen molar-refractivity contribution >= 4 is 0 Å². The summed E-state index contributed by atoms with van der Waals surface area (Å²) in [4.78, 5) is 0. The zero-order chi connectivity index (χ0) is 7.19. The summed E-state index contributed by atoms with van der Waals surface area (Å²) in [6.07, 6.45) is 5.20. The molecule has 0 spiro atoms. The predicted molar refractivity (Wildman–Crippen MR) is 35.9 cm³/mol. The molecule has 0 saturated carbocycles. The Kier molecular flexibility index (Phi) is 0.963. The van der Waals surface area contributed by atoms with Crippen LogP contribution in [0.5, 0.6) is 0 Å². The van der Waals surface area contributed by atoms with Gasteiger partial charge in [0, 0.05) is 12.1 Å². The van der Waals surface area contributed by atoms with Gasteiger partial charge in [0.15, 0.2) is 11.8 Å². The van der Waals surface area contributed by atoms with Crippen LogP contribution in [-0.2, 0) is 0 Å². The molecule has 0 aromatic rings. The smallest absolute Gasteiger partial charge is 0.159 e. The van der Waals surface area contributed by atoms with Crippen molar-refractivity contribution in [1.29, 1.82) is 0 Å². The van der Waals surface area contributed by atoms with Crippen molar-refractivity contribution in [2.45, 2.75) is 18.2 Å². The lowest BCUT2D eigenvalue weighted by Gasteiger charge is -2.46. The Labute approximate surface area is 58.7 Å². The first-order valence-corrected chi connectivity index (χ1v) is 3.28. The second-order valence-electron chi connectivity index (χ2n) is 2.68. The Balaban J connectivity index is 2.30. The highest BCUT2D eigenvalue weighted by Crippen LogP contribution is 2.34. The van der Waals surface area contributed by atoms with E-state index in [1.165, 1.54) is 0 Å². The highest BCUT2D eigenvalue weighted by Gasteiger charge is 2.48. The van der Waals surface area contributed by atoms with Gasteiger partial charge in [0.25, 0.3) is 0 Å². The molecule has 0 amide bonds. The van der Waals surface area contributed by atoms with Gasteiger partial charge in [0.2, 0.25) is 0 Å². The maximum absolute atomic E-state index is 9.57. The summed E-state index contributed by atoms with van der Waals surface area (Å²) in [7, 11) is 0. The largest absolute Gasteiger partial charge is 0.379 e. The Bertz CT molecular complexity index is 222. The van der Waals surface area contributed by atoms with Gasteiger partial charge in [-0.05, 0) is 6.08 Å². The van der Waals surface area contributed by atoms with Gasteiger partial charge < -0.3 is 15.5 Å². The van der Waals surface area contributed by atoms with Gasteiger partial charge in [0.1, 0.15) is 0 Å². The molecule has 0 radical (unpaired) electrons. The number of allylic oxidation sites excluding steroid dienone is 2. The van der Waals surface area contributed by atoms with E-state index < -0.39 is 11.8 Å². The SMILES string of the molecule is OC1NC2=CC=CCC21O. The van der Waals surface area contributed by atoms with Crippen LogP contribution < -0.4 is 5.32 Å². The summed E-state index contributed by atoms with van der Waals surface area (Å²) < 4.78 is 0. The molecule has 3 N–H and O–H groups in total. The van der Waals surface area contributed by atoms with E-state index in [1.807, 2.05) is 12.2 Å². The predicted octanol–water partition coefficient (Wildman–Crippen LogP) is -0.517. The second kappa shape index (κ2) is 1.62. The van der Waals surface area contributed by atoms with Crippen LogP contribution in [0.3, 0.4) is 0 Å². The molecule has 1 heterocycles. The van der Waals surface area contributed by atoms with Crippen molar-refractivity contribution < 1.29 is 10.2 Å². The van der Waals surface area contributed by atoms with Crippen LogP contribution >= 0.6 is 0 Å². The van der Waals surface area contributed by atoms with Gasteiger partial charge in [-0.1, -0.05) is 12.2 Å². The minimum atomic E-state index is -1.01. The molecule has 10 heavy (non-hydrogen) atoms. The maximum Gasteiger partial charge on any atom is 0.159 e. The van der Waals surface area contributed by atoms with Crippen molar-refractivity contribution in [3.8, 4) is 0 Å². The van der Waals surface area contributed by atoms with E-state index in [1.54, 1.807) is 6.08 Å². The average Bonchev–Trinajstić information content (AvgIpc) is 1.93. The fourth-order valence-corrected chi connectivity index (χ4v) is 1.29. The molecular weight excluding hydrogens is 130 g/mol. The summed E-state index contributed by atoms with van der Waals surface area (Å²) in [5, 5.41) is 21.3. The van der Waals surface area contributed by atoms with E-state index in [4.69, 9.17) is 5.11 Å². The molecule has 2 aliphatic rings. The van der Waals surface area contributed by atoms with Gasteiger partial charge >= 0.3 is 0 Å². The molecule has 1 aliphatic carbocycles. The number of aliphatic hydroxyl groups excluding tert-OH is 1. The number of rotatable bonds is 0. The van der Waals surface area contributed by atoms with E-state index in [2.05, 4.69) is 5.32 Å². The highest BCUT2D eigenvalue weighted by atomic mass is 16.4. The number of nitrogens with one attached hydrogen (secondary N) is 1. The Hall–Kier alpha value is -0.800. The van der Waals surface area contributed by atoms with E-state index in [0.717, 1.165) is 5.70 Å². The van der Waals surface area contributed by atoms with Crippen LogP contribution in [0.2, 0.25) is 0 Å². The molecule has 0 aromatic heterocycles. The van der Waals surface area contributed by atoms with E-state index >= 15 is 0 Å². The fourth-order valence-electron chi connectivity index (χ4n) is 1.29. The molecule has 1 fully saturated rings. The molecule has 3 nitrogen and oxygen atoms in total. The second-order valence-corrected chi connectivity index (χ2v) is 2.68. The van der Waals surface area contributed by atoms with Crippen LogP contribution in [0.4, 0.5) is 0 Å². The summed E-state index contributed by atoms with van der Waals surface area (Å²) in [6.45, 7) is 0. The normalized spacial score (nSPS) is 43.0. The molecule has 0 bridgehead atoms. The first kappa shape index (κ1) is 5.95. The maximum atomic E-state index is 9.57. The number of hydrogen-bond donors (Lipinski definition) is 3. The highest BCUT2D eigenvalue weighted by molar-refractivity contribution is 5.35. The Morgan fingerprint density at radius 1 is 1.70 bits per heavy atom. The molecule has 2 rings (SSSR count). The zero-order valence-corrected chi connectivity index (χ0v) is 5.41. The lowest BCUT2D eigenvalue weighted by atomic mass is 9.83. The van der Waals surface area contributed by atoms with Crippen molar-refractivity contribution in [3.05, 3.63) is 23.9 Å². The summed E-state index contributed by atoms with van der Waals surface area (Å²) in [5.41, 5.74) is -0.281. The van der Waals surface area contributed by atoms with Gasteiger partial charge in [-0.25, -0.2) is 0 Å². The zero-order valence-electron chi connectivity index (χ0n) is 5.41. The van der Waals surface area contributed by atoms with Crippen molar-refractivity contribution in [2.24, 2.45) is 0 Å². The van der Waals surface area contributed by atoms with Crippen molar-refractivity contribution in [1.82, 2.24) is 5.32 Å². The number of fused-ring (bicyclic) bond motifs is 1. The third kappa shape index (κ3) is 0.514. The lowest BCUT2D eigenvalue weighted by Crippen LogP contribution is -2.65. The van der Waals surface area contributed by atoms with Crippen molar-refractivity contribution in [2.75, 3.05) is 0 Å². The molecular formula is C7H9NO2. The van der Waals surface area contributed by atoms with E-state index in [0.29, 0.717) is 6.42 Å². The van der Waals surface area contributed by atoms with Crippen molar-refractivity contribution in [3.63, 3.8) is 0 Å². The lowest BCUT2D eigenvalue weighted by molar-refractivity contribution is -0.115.